The van der Waals surface area contributed by atoms with Crippen molar-refractivity contribution in [3.63, 3.8) is 0 Å². The van der Waals surface area contributed by atoms with E-state index in [1.165, 1.54) is 36.9 Å². The average molecular weight is 426 g/mol. The van der Waals surface area contributed by atoms with Crippen LogP contribution in [0.3, 0.4) is 0 Å². The Kier molecular flexibility index (Phi) is 15.4. The van der Waals surface area contributed by atoms with Gasteiger partial charge in [-0.15, -0.1) is 0 Å². The predicted octanol–water partition coefficient (Wildman–Crippen LogP) is 7.25. The summed E-state index contributed by atoms with van der Waals surface area (Å²) in [5.41, 5.74) is 4.64. The minimum Gasteiger partial charge on any atom is -0.354 e. The molecule has 0 amide bonds. The van der Waals surface area contributed by atoms with Gasteiger partial charge in [-0.3, -0.25) is 4.90 Å². The maximum Gasteiger partial charge on any atom is 0.136 e. The molecule has 1 saturated heterocycles. The molecule has 1 heterocycles. The van der Waals surface area contributed by atoms with Gasteiger partial charge in [0.1, 0.15) is 5.84 Å². The number of unbranched alkanes of at least 4 members (excludes halogenated alkanes) is 1. The van der Waals surface area contributed by atoms with Crippen LogP contribution in [-0.2, 0) is 0 Å². The molecule has 0 bridgehead atoms. The molecule has 1 fully saturated rings. The van der Waals surface area contributed by atoms with Crippen LogP contribution >= 0.6 is 0 Å². The number of hydrogen-bond donors (Lipinski definition) is 0. The summed E-state index contributed by atoms with van der Waals surface area (Å²) in [5, 5.41) is 0. The third-order valence-corrected chi connectivity index (χ3v) is 5.37. The maximum atomic E-state index is 5.11. The molecule has 1 aromatic rings. The van der Waals surface area contributed by atoms with E-state index in [-0.39, 0.29) is 7.43 Å². The van der Waals surface area contributed by atoms with E-state index in [4.69, 9.17) is 4.99 Å². The first-order chi connectivity index (χ1) is 14.5. The summed E-state index contributed by atoms with van der Waals surface area (Å²) >= 11 is 0. The van der Waals surface area contributed by atoms with Crippen LogP contribution in [0.5, 0.6) is 0 Å². The summed E-state index contributed by atoms with van der Waals surface area (Å²) in [6.07, 6.45) is 9.78. The second kappa shape index (κ2) is 16.5. The van der Waals surface area contributed by atoms with Crippen molar-refractivity contribution in [2.45, 2.75) is 68.2 Å². The first-order valence-electron chi connectivity index (χ1n) is 11.6. The summed E-state index contributed by atoms with van der Waals surface area (Å²) in [6.45, 7) is 22.2. The normalized spacial score (nSPS) is 15.7. The number of piperazine rings is 1. The van der Waals surface area contributed by atoms with Gasteiger partial charge in [-0.25, -0.2) is 4.99 Å². The molecule has 31 heavy (non-hydrogen) atoms. The van der Waals surface area contributed by atoms with E-state index >= 15 is 0 Å². The first-order valence-corrected chi connectivity index (χ1v) is 11.6. The molecule has 174 valence electrons. The molecule has 0 atom stereocenters. The van der Waals surface area contributed by atoms with E-state index in [0.29, 0.717) is 0 Å². The van der Waals surface area contributed by atoms with Crippen LogP contribution < -0.4 is 0 Å². The highest BCUT2D eigenvalue weighted by molar-refractivity contribution is 6.01. The molecule has 2 rings (SSSR count). The summed E-state index contributed by atoms with van der Waals surface area (Å²) < 4.78 is 0. The Hall–Kier alpha value is -2.13. The van der Waals surface area contributed by atoms with Gasteiger partial charge in [0, 0.05) is 31.7 Å². The number of allylic oxidation sites excluding steroid dienone is 4. The van der Waals surface area contributed by atoms with Crippen molar-refractivity contribution >= 4 is 5.84 Å². The highest BCUT2D eigenvalue weighted by atomic mass is 15.3. The van der Waals surface area contributed by atoms with E-state index in [2.05, 4.69) is 81.3 Å². The molecule has 0 unspecified atom stereocenters. The van der Waals surface area contributed by atoms with E-state index < -0.39 is 0 Å². The second-order valence-electron chi connectivity index (χ2n) is 7.84. The lowest BCUT2D eigenvalue weighted by Crippen LogP contribution is -2.49. The van der Waals surface area contributed by atoms with Crippen LogP contribution in [0.2, 0.25) is 0 Å². The Morgan fingerprint density at radius 3 is 2.13 bits per heavy atom. The SMILES string of the molecule is C.C=C/C=C(C)\C(=C/C)N=C(c1ccccc1C)N1CCN(CCC)CC1.CCCC. The third-order valence-electron chi connectivity index (χ3n) is 5.37. The summed E-state index contributed by atoms with van der Waals surface area (Å²) in [6, 6.07) is 8.55. The highest BCUT2D eigenvalue weighted by Crippen LogP contribution is 2.19. The van der Waals surface area contributed by atoms with Crippen molar-refractivity contribution < 1.29 is 0 Å². The van der Waals surface area contributed by atoms with Gasteiger partial charge < -0.3 is 4.90 Å². The van der Waals surface area contributed by atoms with Crippen molar-refractivity contribution in [1.82, 2.24) is 9.80 Å². The van der Waals surface area contributed by atoms with Crippen LogP contribution in [-0.4, -0.2) is 48.4 Å². The van der Waals surface area contributed by atoms with Crippen molar-refractivity contribution in [3.8, 4) is 0 Å². The molecular formula is C28H47N3. The molecular weight excluding hydrogens is 378 g/mol. The third kappa shape index (κ3) is 9.69. The summed E-state index contributed by atoms with van der Waals surface area (Å²) in [7, 11) is 0. The molecule has 1 aliphatic heterocycles. The standard InChI is InChI=1S/C23H33N3.C4H10.CH4/c1-6-11-20(5)22(8-3)24-23(21-13-10-9-12-19(21)4)26-17-15-25(14-7-2)16-18-26;1-3-4-2;/h6,8-13H,1,7,14-18H2,2-5H3;3-4H2,1-2H3;1H4/b20-11-,22-8+,24-23?;;. The Morgan fingerprint density at radius 1 is 1.03 bits per heavy atom. The van der Waals surface area contributed by atoms with Crippen LogP contribution in [0.15, 0.2) is 65.3 Å². The van der Waals surface area contributed by atoms with Gasteiger partial charge in [0.05, 0.1) is 5.70 Å². The van der Waals surface area contributed by atoms with Gasteiger partial charge in [0.15, 0.2) is 0 Å². The molecule has 3 nitrogen and oxygen atoms in total. The van der Waals surface area contributed by atoms with Crippen molar-refractivity contribution in [3.05, 3.63) is 71.5 Å². The number of nitrogens with zero attached hydrogens (tertiary/aromatic N) is 3. The Balaban J connectivity index is 0.00000165. The second-order valence-corrected chi connectivity index (χ2v) is 7.84. The number of aliphatic imine (C=N–C) groups is 1. The molecule has 0 aliphatic carbocycles. The summed E-state index contributed by atoms with van der Waals surface area (Å²) in [5.74, 6) is 1.09. The smallest absolute Gasteiger partial charge is 0.136 e. The average Bonchev–Trinajstić information content (AvgIpc) is 2.76. The van der Waals surface area contributed by atoms with Gasteiger partial charge in [0.25, 0.3) is 0 Å². The van der Waals surface area contributed by atoms with E-state index in [1.54, 1.807) is 0 Å². The lowest BCUT2D eigenvalue weighted by Gasteiger charge is -2.37. The Labute approximate surface area is 193 Å². The van der Waals surface area contributed by atoms with Crippen molar-refractivity contribution in [2.75, 3.05) is 32.7 Å². The van der Waals surface area contributed by atoms with Gasteiger partial charge in [-0.05, 0) is 44.9 Å². The fourth-order valence-corrected chi connectivity index (χ4v) is 3.38. The van der Waals surface area contributed by atoms with Gasteiger partial charge in [0.2, 0.25) is 0 Å². The molecule has 0 spiro atoms. The van der Waals surface area contributed by atoms with E-state index in [1.807, 2.05) is 19.1 Å². The number of aryl methyl sites for hydroxylation is 1. The minimum atomic E-state index is 0. The predicted molar refractivity (Wildman–Crippen MR) is 141 cm³/mol. The number of amidine groups is 1. The Morgan fingerprint density at radius 2 is 1.65 bits per heavy atom. The number of rotatable bonds is 7. The van der Waals surface area contributed by atoms with E-state index in [9.17, 15) is 0 Å². The molecule has 0 saturated carbocycles. The number of hydrogen-bond acceptors (Lipinski definition) is 2. The van der Waals surface area contributed by atoms with E-state index in [0.717, 1.165) is 43.3 Å². The fraction of sp³-hybridized carbons (Fsp3) is 0.536. The van der Waals surface area contributed by atoms with Gasteiger partial charge in [-0.1, -0.05) is 90.1 Å². The van der Waals surface area contributed by atoms with Gasteiger partial charge >= 0.3 is 0 Å². The van der Waals surface area contributed by atoms with Crippen LogP contribution in [0, 0.1) is 6.92 Å². The topological polar surface area (TPSA) is 18.8 Å². The zero-order valence-corrected chi connectivity index (χ0v) is 20.2. The highest BCUT2D eigenvalue weighted by Gasteiger charge is 2.21. The first kappa shape index (κ1) is 28.9. The quantitative estimate of drug-likeness (QED) is 0.260. The zero-order chi connectivity index (χ0) is 22.4. The van der Waals surface area contributed by atoms with Crippen LogP contribution in [0.25, 0.3) is 0 Å². The molecule has 1 aliphatic rings. The summed E-state index contributed by atoms with van der Waals surface area (Å²) in [4.78, 5) is 10.1. The number of benzene rings is 1. The van der Waals surface area contributed by atoms with Crippen LogP contribution in [0.1, 0.15) is 72.4 Å². The molecule has 3 heteroatoms. The minimum absolute atomic E-state index is 0. The van der Waals surface area contributed by atoms with Crippen LogP contribution in [0.4, 0.5) is 0 Å². The molecule has 0 aromatic heterocycles. The Bertz CT molecular complexity index is 718. The maximum absolute atomic E-state index is 5.11. The van der Waals surface area contributed by atoms with Crippen molar-refractivity contribution in [1.29, 1.82) is 0 Å². The molecule has 0 radical (unpaired) electrons. The lowest BCUT2D eigenvalue weighted by molar-refractivity contribution is 0.182. The lowest BCUT2D eigenvalue weighted by atomic mass is 10.1. The fourth-order valence-electron chi connectivity index (χ4n) is 3.38. The van der Waals surface area contributed by atoms with Gasteiger partial charge in [-0.2, -0.15) is 0 Å². The largest absolute Gasteiger partial charge is 0.354 e. The monoisotopic (exact) mass is 425 g/mol. The van der Waals surface area contributed by atoms with Crippen molar-refractivity contribution in [2.24, 2.45) is 4.99 Å². The zero-order valence-electron chi connectivity index (χ0n) is 20.2. The molecule has 1 aromatic carbocycles. The molecule has 0 N–H and O–H groups in total.